The molecule has 0 saturated carbocycles. The van der Waals surface area contributed by atoms with E-state index in [4.69, 9.17) is 9.47 Å². The number of hydrogen-bond donors (Lipinski definition) is 2. The van der Waals surface area contributed by atoms with Crippen LogP contribution in [0.3, 0.4) is 0 Å². The first-order chi connectivity index (χ1) is 14.1. The molecule has 0 aliphatic rings. The first-order valence-corrected chi connectivity index (χ1v) is 9.48. The number of allylic oxidation sites excluding steroid dienone is 1. The highest BCUT2D eigenvalue weighted by Gasteiger charge is 2.15. The molecule has 0 radical (unpaired) electrons. The number of aromatic amines is 1. The summed E-state index contributed by atoms with van der Waals surface area (Å²) in [5.41, 5.74) is 3.37. The third kappa shape index (κ3) is 5.04. The van der Waals surface area contributed by atoms with E-state index < -0.39 is 0 Å². The summed E-state index contributed by atoms with van der Waals surface area (Å²) in [7, 11) is 1.71. The number of phenolic OH excluding ortho intramolecular Hbond substituents is 1. The van der Waals surface area contributed by atoms with Gasteiger partial charge in [-0.3, -0.25) is 10.1 Å². The molecular weight excluding hydrogens is 366 g/mol. The van der Waals surface area contributed by atoms with E-state index in [2.05, 4.69) is 22.1 Å². The van der Waals surface area contributed by atoms with Gasteiger partial charge in [-0.25, -0.2) is 0 Å². The number of ether oxygens (including phenoxy) is 2. The highest BCUT2D eigenvalue weighted by molar-refractivity contribution is 5.78. The van der Waals surface area contributed by atoms with Crippen molar-refractivity contribution in [1.29, 1.82) is 0 Å². The average molecular weight is 391 g/mol. The molecule has 150 valence electrons. The van der Waals surface area contributed by atoms with Gasteiger partial charge in [0, 0.05) is 30.5 Å². The van der Waals surface area contributed by atoms with Crippen LogP contribution in [-0.4, -0.2) is 35.2 Å². The molecule has 2 N–H and O–H groups in total. The fourth-order valence-corrected chi connectivity index (χ4v) is 2.81. The Labute approximate surface area is 170 Å². The number of rotatable bonds is 8. The van der Waals surface area contributed by atoms with Gasteiger partial charge in [0.15, 0.2) is 5.75 Å². The molecule has 0 unspecified atom stereocenters. The molecule has 3 aromatic rings. The van der Waals surface area contributed by atoms with E-state index in [1.54, 1.807) is 37.7 Å². The molecule has 0 spiro atoms. The van der Waals surface area contributed by atoms with Crippen LogP contribution in [0.4, 0.5) is 0 Å². The number of benzene rings is 2. The minimum Gasteiger partial charge on any atom is -0.507 e. The van der Waals surface area contributed by atoms with Crippen LogP contribution < -0.4 is 9.47 Å². The van der Waals surface area contributed by atoms with E-state index in [0.29, 0.717) is 35.1 Å². The van der Waals surface area contributed by atoms with Gasteiger partial charge in [-0.2, -0.15) is 5.10 Å². The number of phenols is 1. The van der Waals surface area contributed by atoms with Crippen LogP contribution in [0.2, 0.25) is 0 Å². The molecule has 0 amide bonds. The number of nitrogens with one attached hydrogen (secondary N) is 1. The van der Waals surface area contributed by atoms with E-state index in [0.717, 1.165) is 12.0 Å². The van der Waals surface area contributed by atoms with E-state index in [1.807, 2.05) is 37.3 Å². The largest absolute Gasteiger partial charge is 0.507 e. The first-order valence-electron chi connectivity index (χ1n) is 9.48. The Hall–Kier alpha value is -3.54. The Kier molecular flexibility index (Phi) is 6.68. The average Bonchev–Trinajstić information content (AvgIpc) is 3.19. The fourth-order valence-electron chi connectivity index (χ4n) is 2.81. The minimum atomic E-state index is 0.0733. The summed E-state index contributed by atoms with van der Waals surface area (Å²) in [6, 6.07) is 13.0. The molecule has 29 heavy (non-hydrogen) atoms. The molecule has 0 bridgehead atoms. The summed E-state index contributed by atoms with van der Waals surface area (Å²) in [4.78, 5) is 3.99. The van der Waals surface area contributed by atoms with Gasteiger partial charge < -0.3 is 14.6 Å². The maximum atomic E-state index is 10.5. The van der Waals surface area contributed by atoms with Gasteiger partial charge in [0.05, 0.1) is 6.20 Å². The molecule has 0 saturated heterocycles. The molecule has 0 atom stereocenters. The summed E-state index contributed by atoms with van der Waals surface area (Å²) in [6.07, 6.45) is 6.24. The fraction of sp³-hybridized carbons (Fsp3) is 0.217. The van der Waals surface area contributed by atoms with Crippen molar-refractivity contribution in [3.8, 4) is 34.3 Å². The summed E-state index contributed by atoms with van der Waals surface area (Å²) < 4.78 is 11.7. The van der Waals surface area contributed by atoms with Crippen LogP contribution in [0.15, 0.2) is 65.3 Å². The number of aliphatic imine (C=N–C) groups is 1. The van der Waals surface area contributed by atoms with E-state index >= 15 is 0 Å². The predicted octanol–water partition coefficient (Wildman–Crippen LogP) is 5.16. The zero-order valence-electron chi connectivity index (χ0n) is 16.8. The SMILES string of the molecule is C/C=C(\C=NC)COc1ccc(-c2[nH]ncc2Oc2ccc(CC)cc2)c(O)c1. The standard InChI is InChI=1S/C23H25N3O3/c1-4-16-6-8-18(9-7-16)29-22-14-25-26-23(22)20-11-10-19(12-21(20)27)28-15-17(5-2)13-24-3/h5-14,27H,4,15H2,1-3H3,(H,25,26)/b17-5+,24-13?. The third-order valence-electron chi connectivity index (χ3n) is 4.47. The maximum Gasteiger partial charge on any atom is 0.173 e. The van der Waals surface area contributed by atoms with E-state index in [-0.39, 0.29) is 5.75 Å². The minimum absolute atomic E-state index is 0.0733. The number of H-pyrrole nitrogens is 1. The van der Waals surface area contributed by atoms with Crippen LogP contribution >= 0.6 is 0 Å². The molecule has 1 heterocycles. The number of hydrogen-bond acceptors (Lipinski definition) is 5. The molecule has 0 aliphatic heterocycles. The Balaban J connectivity index is 1.76. The lowest BCUT2D eigenvalue weighted by molar-refractivity contribution is 0.355. The first kappa shape index (κ1) is 20.2. The van der Waals surface area contributed by atoms with Crippen molar-refractivity contribution in [2.75, 3.05) is 13.7 Å². The lowest BCUT2D eigenvalue weighted by Crippen LogP contribution is -2.02. The monoisotopic (exact) mass is 391 g/mol. The van der Waals surface area contributed by atoms with Crippen molar-refractivity contribution in [1.82, 2.24) is 10.2 Å². The Bertz CT molecular complexity index is 1000. The molecule has 1 aromatic heterocycles. The Morgan fingerprint density at radius 2 is 1.93 bits per heavy atom. The molecule has 6 heteroatoms. The Morgan fingerprint density at radius 3 is 2.59 bits per heavy atom. The lowest BCUT2D eigenvalue weighted by atomic mass is 10.1. The zero-order valence-corrected chi connectivity index (χ0v) is 16.8. The van der Waals surface area contributed by atoms with Crippen molar-refractivity contribution >= 4 is 6.21 Å². The Morgan fingerprint density at radius 1 is 1.17 bits per heavy atom. The number of nitrogens with zero attached hydrogens (tertiary/aromatic N) is 2. The summed E-state index contributed by atoms with van der Waals surface area (Å²) in [5, 5.41) is 17.5. The van der Waals surface area contributed by atoms with Crippen molar-refractivity contribution in [3.05, 3.63) is 65.9 Å². The molecule has 3 rings (SSSR count). The van der Waals surface area contributed by atoms with Crippen molar-refractivity contribution < 1.29 is 14.6 Å². The predicted molar refractivity (Wildman–Crippen MR) is 115 cm³/mol. The van der Waals surface area contributed by atoms with Gasteiger partial charge in [0.1, 0.15) is 29.5 Å². The van der Waals surface area contributed by atoms with E-state index in [9.17, 15) is 5.11 Å². The highest BCUT2D eigenvalue weighted by atomic mass is 16.5. The third-order valence-corrected chi connectivity index (χ3v) is 4.47. The van der Waals surface area contributed by atoms with Crippen LogP contribution in [-0.2, 0) is 6.42 Å². The number of aryl methyl sites for hydroxylation is 1. The van der Waals surface area contributed by atoms with E-state index in [1.165, 1.54) is 5.56 Å². The normalized spacial score (nSPS) is 11.8. The smallest absolute Gasteiger partial charge is 0.173 e. The summed E-state index contributed by atoms with van der Waals surface area (Å²) >= 11 is 0. The second-order valence-corrected chi connectivity index (χ2v) is 6.43. The van der Waals surface area contributed by atoms with Crippen molar-refractivity contribution in [2.45, 2.75) is 20.3 Å². The van der Waals surface area contributed by atoms with Crippen LogP contribution in [0.25, 0.3) is 11.3 Å². The van der Waals surface area contributed by atoms with Crippen molar-refractivity contribution in [2.24, 2.45) is 4.99 Å². The quantitative estimate of drug-likeness (QED) is 0.520. The van der Waals surface area contributed by atoms with Gasteiger partial charge in [0.2, 0.25) is 0 Å². The highest BCUT2D eigenvalue weighted by Crippen LogP contribution is 2.38. The van der Waals surface area contributed by atoms with Crippen LogP contribution in [0, 0.1) is 0 Å². The van der Waals surface area contributed by atoms with Gasteiger partial charge in [-0.05, 0) is 43.2 Å². The van der Waals surface area contributed by atoms with Crippen LogP contribution in [0.5, 0.6) is 23.0 Å². The molecule has 0 aliphatic carbocycles. The van der Waals surface area contributed by atoms with Crippen LogP contribution in [0.1, 0.15) is 19.4 Å². The summed E-state index contributed by atoms with van der Waals surface area (Å²) in [6.45, 7) is 4.41. The molecule has 0 fully saturated rings. The molecule has 2 aromatic carbocycles. The second-order valence-electron chi connectivity index (χ2n) is 6.43. The summed E-state index contributed by atoms with van der Waals surface area (Å²) in [5.74, 6) is 1.88. The topological polar surface area (TPSA) is 79.7 Å². The second kappa shape index (κ2) is 9.59. The van der Waals surface area contributed by atoms with Gasteiger partial charge in [0.25, 0.3) is 0 Å². The number of aromatic hydroxyl groups is 1. The molecular formula is C23H25N3O3. The van der Waals surface area contributed by atoms with Gasteiger partial charge >= 0.3 is 0 Å². The van der Waals surface area contributed by atoms with Gasteiger partial charge in [-0.1, -0.05) is 25.1 Å². The van der Waals surface area contributed by atoms with Crippen molar-refractivity contribution in [3.63, 3.8) is 0 Å². The maximum absolute atomic E-state index is 10.5. The van der Waals surface area contributed by atoms with Gasteiger partial charge in [-0.15, -0.1) is 0 Å². The lowest BCUT2D eigenvalue weighted by Gasteiger charge is -2.11. The zero-order chi connectivity index (χ0) is 20.6. The molecule has 6 nitrogen and oxygen atoms in total. The number of aromatic nitrogens is 2.